The van der Waals surface area contributed by atoms with Gasteiger partial charge in [0, 0.05) is 12.1 Å². The first-order valence-electron chi connectivity index (χ1n) is 6.72. The molecular weight excluding hydrogens is 213 g/mol. The van der Waals surface area contributed by atoms with Crippen LogP contribution in [0.15, 0.2) is 24.3 Å². The molecule has 0 aliphatic heterocycles. The first-order chi connectivity index (χ1) is 8.20. The smallest absolute Gasteiger partial charge is 0.123 e. The van der Waals surface area contributed by atoms with E-state index in [1.807, 2.05) is 12.1 Å². The van der Waals surface area contributed by atoms with Crippen molar-refractivity contribution in [1.29, 1.82) is 0 Å². The molecule has 0 heterocycles. The van der Waals surface area contributed by atoms with Gasteiger partial charge in [-0.1, -0.05) is 25.5 Å². The molecule has 1 nitrogen and oxygen atoms in total. The predicted octanol–water partition coefficient (Wildman–Crippen LogP) is 4.06. The van der Waals surface area contributed by atoms with E-state index in [0.29, 0.717) is 12.1 Å². The summed E-state index contributed by atoms with van der Waals surface area (Å²) in [5.41, 5.74) is 1.17. The van der Waals surface area contributed by atoms with Crippen LogP contribution in [0.4, 0.5) is 4.39 Å². The van der Waals surface area contributed by atoms with Gasteiger partial charge < -0.3 is 5.32 Å². The standard InChI is InChI=1S/C15H22FN/c1-3-4-15(13-5-6-13)17-11(2)12-7-9-14(16)10-8-12/h7-11,13,15,17H,3-6H2,1-2H3. The SMILES string of the molecule is CCCC(NC(C)c1ccc(F)cc1)C1CC1. The van der Waals surface area contributed by atoms with Crippen LogP contribution in [0.3, 0.4) is 0 Å². The zero-order valence-corrected chi connectivity index (χ0v) is 10.7. The van der Waals surface area contributed by atoms with E-state index in [-0.39, 0.29) is 5.82 Å². The molecule has 1 aromatic carbocycles. The molecule has 0 amide bonds. The lowest BCUT2D eigenvalue weighted by Crippen LogP contribution is -2.33. The summed E-state index contributed by atoms with van der Waals surface area (Å²) < 4.78 is 12.9. The van der Waals surface area contributed by atoms with Gasteiger partial charge in [0.2, 0.25) is 0 Å². The van der Waals surface area contributed by atoms with Gasteiger partial charge in [-0.2, -0.15) is 0 Å². The number of nitrogens with one attached hydrogen (secondary N) is 1. The van der Waals surface area contributed by atoms with E-state index in [9.17, 15) is 4.39 Å². The van der Waals surface area contributed by atoms with E-state index in [0.717, 1.165) is 5.92 Å². The van der Waals surface area contributed by atoms with Crippen molar-refractivity contribution in [3.8, 4) is 0 Å². The third kappa shape index (κ3) is 3.53. The summed E-state index contributed by atoms with van der Waals surface area (Å²) >= 11 is 0. The summed E-state index contributed by atoms with van der Waals surface area (Å²) in [6.45, 7) is 4.40. The van der Waals surface area contributed by atoms with Gasteiger partial charge in [-0.15, -0.1) is 0 Å². The Bertz CT molecular complexity index is 342. The number of halogens is 1. The molecule has 0 spiro atoms. The summed E-state index contributed by atoms with van der Waals surface area (Å²) in [6, 6.07) is 7.79. The summed E-state index contributed by atoms with van der Waals surface area (Å²) in [7, 11) is 0. The highest BCUT2D eigenvalue weighted by molar-refractivity contribution is 5.19. The van der Waals surface area contributed by atoms with Crippen LogP contribution in [0.25, 0.3) is 0 Å². The number of benzene rings is 1. The second-order valence-corrected chi connectivity index (χ2v) is 5.17. The molecule has 1 fully saturated rings. The highest BCUT2D eigenvalue weighted by atomic mass is 19.1. The zero-order valence-electron chi connectivity index (χ0n) is 10.7. The van der Waals surface area contributed by atoms with Crippen molar-refractivity contribution in [3.05, 3.63) is 35.6 Å². The number of hydrogen-bond acceptors (Lipinski definition) is 1. The van der Waals surface area contributed by atoms with Gasteiger partial charge in [-0.05, 0) is 49.8 Å². The maximum absolute atomic E-state index is 12.9. The summed E-state index contributed by atoms with van der Waals surface area (Å²) in [4.78, 5) is 0. The lowest BCUT2D eigenvalue weighted by Gasteiger charge is -2.23. The van der Waals surface area contributed by atoms with Crippen LogP contribution in [-0.4, -0.2) is 6.04 Å². The molecule has 1 aromatic rings. The molecule has 1 aliphatic carbocycles. The van der Waals surface area contributed by atoms with E-state index in [2.05, 4.69) is 19.2 Å². The molecule has 1 N–H and O–H groups in total. The Morgan fingerprint density at radius 2 is 1.94 bits per heavy atom. The van der Waals surface area contributed by atoms with E-state index < -0.39 is 0 Å². The highest BCUT2D eigenvalue weighted by Crippen LogP contribution is 2.35. The molecule has 0 saturated heterocycles. The zero-order chi connectivity index (χ0) is 12.3. The largest absolute Gasteiger partial charge is 0.307 e. The predicted molar refractivity (Wildman–Crippen MR) is 69.4 cm³/mol. The van der Waals surface area contributed by atoms with Crippen molar-refractivity contribution in [2.45, 2.75) is 51.6 Å². The number of rotatable bonds is 6. The lowest BCUT2D eigenvalue weighted by atomic mass is 10.0. The maximum Gasteiger partial charge on any atom is 0.123 e. The van der Waals surface area contributed by atoms with Crippen LogP contribution in [0.1, 0.15) is 51.1 Å². The van der Waals surface area contributed by atoms with Gasteiger partial charge in [0.05, 0.1) is 0 Å². The van der Waals surface area contributed by atoms with Crippen molar-refractivity contribution in [2.75, 3.05) is 0 Å². The highest BCUT2D eigenvalue weighted by Gasteiger charge is 2.31. The second-order valence-electron chi connectivity index (χ2n) is 5.17. The first kappa shape index (κ1) is 12.6. The van der Waals surface area contributed by atoms with Gasteiger partial charge in [0.15, 0.2) is 0 Å². The summed E-state index contributed by atoms with van der Waals surface area (Å²) in [6.07, 6.45) is 5.21. The first-order valence-corrected chi connectivity index (χ1v) is 6.72. The second kappa shape index (κ2) is 5.63. The van der Waals surface area contributed by atoms with Crippen LogP contribution in [-0.2, 0) is 0 Å². The van der Waals surface area contributed by atoms with E-state index in [1.54, 1.807) is 12.1 Å². The molecule has 2 atom stereocenters. The minimum atomic E-state index is -0.159. The Kier molecular flexibility index (Phi) is 4.16. The fourth-order valence-electron chi connectivity index (χ4n) is 2.43. The molecule has 2 unspecified atom stereocenters. The van der Waals surface area contributed by atoms with Crippen molar-refractivity contribution >= 4 is 0 Å². The van der Waals surface area contributed by atoms with Crippen molar-refractivity contribution in [2.24, 2.45) is 5.92 Å². The minimum Gasteiger partial charge on any atom is -0.307 e. The van der Waals surface area contributed by atoms with Crippen molar-refractivity contribution in [3.63, 3.8) is 0 Å². The van der Waals surface area contributed by atoms with Gasteiger partial charge in [-0.3, -0.25) is 0 Å². The topological polar surface area (TPSA) is 12.0 Å². The molecule has 0 bridgehead atoms. The minimum absolute atomic E-state index is 0.159. The van der Waals surface area contributed by atoms with Gasteiger partial charge in [0.1, 0.15) is 5.82 Å². The Hall–Kier alpha value is -0.890. The van der Waals surface area contributed by atoms with Crippen LogP contribution in [0, 0.1) is 11.7 Å². The molecule has 1 saturated carbocycles. The Morgan fingerprint density at radius 3 is 2.47 bits per heavy atom. The molecule has 94 valence electrons. The lowest BCUT2D eigenvalue weighted by molar-refractivity contribution is 0.390. The molecule has 2 rings (SSSR count). The monoisotopic (exact) mass is 235 g/mol. The fraction of sp³-hybridized carbons (Fsp3) is 0.600. The summed E-state index contributed by atoms with van der Waals surface area (Å²) in [5.74, 6) is 0.714. The Labute approximate surface area is 103 Å². The maximum atomic E-state index is 12.9. The fourth-order valence-corrected chi connectivity index (χ4v) is 2.43. The Morgan fingerprint density at radius 1 is 1.29 bits per heavy atom. The van der Waals surface area contributed by atoms with Crippen LogP contribution in [0.5, 0.6) is 0 Å². The molecule has 0 radical (unpaired) electrons. The van der Waals surface area contributed by atoms with Gasteiger partial charge in [0.25, 0.3) is 0 Å². The molecular formula is C15H22FN. The Balaban J connectivity index is 1.94. The summed E-state index contributed by atoms with van der Waals surface area (Å²) in [5, 5.41) is 3.69. The number of hydrogen-bond donors (Lipinski definition) is 1. The molecule has 1 aliphatic rings. The van der Waals surface area contributed by atoms with Crippen molar-refractivity contribution < 1.29 is 4.39 Å². The normalized spacial score (nSPS) is 19.0. The van der Waals surface area contributed by atoms with Crippen LogP contribution in [0.2, 0.25) is 0 Å². The van der Waals surface area contributed by atoms with Crippen LogP contribution >= 0.6 is 0 Å². The molecule has 17 heavy (non-hydrogen) atoms. The average molecular weight is 235 g/mol. The van der Waals surface area contributed by atoms with Crippen molar-refractivity contribution in [1.82, 2.24) is 5.32 Å². The average Bonchev–Trinajstić information content (AvgIpc) is 3.13. The van der Waals surface area contributed by atoms with E-state index >= 15 is 0 Å². The third-order valence-electron chi connectivity index (χ3n) is 3.62. The third-order valence-corrected chi connectivity index (χ3v) is 3.62. The quantitative estimate of drug-likeness (QED) is 0.784. The van der Waals surface area contributed by atoms with E-state index in [1.165, 1.54) is 31.2 Å². The van der Waals surface area contributed by atoms with E-state index in [4.69, 9.17) is 0 Å². The van der Waals surface area contributed by atoms with Gasteiger partial charge >= 0.3 is 0 Å². The van der Waals surface area contributed by atoms with Gasteiger partial charge in [-0.25, -0.2) is 4.39 Å². The molecule has 2 heteroatoms. The molecule has 0 aromatic heterocycles. The van der Waals surface area contributed by atoms with Crippen LogP contribution < -0.4 is 5.32 Å².